The first-order valence-electron chi connectivity index (χ1n) is 11.3. The van der Waals surface area contributed by atoms with E-state index in [4.69, 9.17) is 0 Å². The van der Waals surface area contributed by atoms with Gasteiger partial charge in [0.2, 0.25) is 0 Å². The van der Waals surface area contributed by atoms with Crippen LogP contribution in [0.15, 0.2) is 60.7 Å². The van der Waals surface area contributed by atoms with Gasteiger partial charge in [0.05, 0.1) is 11.2 Å². The Bertz CT molecular complexity index is 1150. The van der Waals surface area contributed by atoms with Crippen molar-refractivity contribution >= 4 is 0 Å². The van der Waals surface area contributed by atoms with Crippen LogP contribution in [0, 0.1) is 11.8 Å². The maximum atomic E-state index is 11.9. The van der Waals surface area contributed by atoms with Gasteiger partial charge in [-0.1, -0.05) is 62.4 Å². The molecule has 2 nitrogen and oxygen atoms in total. The highest BCUT2D eigenvalue weighted by Crippen LogP contribution is 2.67. The molecule has 0 heterocycles. The molecule has 0 radical (unpaired) electrons. The van der Waals surface area contributed by atoms with Crippen molar-refractivity contribution in [2.75, 3.05) is 0 Å². The summed E-state index contributed by atoms with van der Waals surface area (Å²) in [5, 5.41) is 23.9. The van der Waals surface area contributed by atoms with Gasteiger partial charge in [-0.15, -0.1) is 0 Å². The summed E-state index contributed by atoms with van der Waals surface area (Å²) in [5.41, 5.74) is 7.64. The lowest BCUT2D eigenvalue weighted by Gasteiger charge is -2.58. The smallest absolute Gasteiger partial charge is 0.0996 e. The number of hydrogen-bond acceptors (Lipinski definition) is 2. The molecule has 0 aromatic heterocycles. The van der Waals surface area contributed by atoms with Crippen molar-refractivity contribution in [3.05, 3.63) is 82.9 Å². The molecule has 0 amide bonds. The summed E-state index contributed by atoms with van der Waals surface area (Å²) in [5.74, 6) is 0.771. The Balaban J connectivity index is 1.59. The predicted octanol–water partition coefficient (Wildman–Crippen LogP) is 5.67. The van der Waals surface area contributed by atoms with E-state index in [1.54, 1.807) is 0 Å². The Hall–Kier alpha value is -2.42. The molecule has 0 bridgehead atoms. The van der Waals surface area contributed by atoms with E-state index < -0.39 is 11.2 Å². The van der Waals surface area contributed by atoms with Crippen molar-refractivity contribution in [3.63, 3.8) is 0 Å². The van der Waals surface area contributed by atoms with Crippen molar-refractivity contribution in [1.82, 2.24) is 0 Å². The number of fused-ring (bicyclic) bond motifs is 12. The highest BCUT2D eigenvalue weighted by molar-refractivity contribution is 5.85. The van der Waals surface area contributed by atoms with Gasteiger partial charge >= 0.3 is 0 Å². The van der Waals surface area contributed by atoms with E-state index in [1.165, 1.54) is 22.3 Å². The normalized spacial score (nSPS) is 36.7. The van der Waals surface area contributed by atoms with Crippen LogP contribution in [0.2, 0.25) is 0 Å². The molecule has 4 aliphatic carbocycles. The minimum atomic E-state index is -0.821. The lowest BCUT2D eigenvalue weighted by Crippen LogP contribution is -2.53. The van der Waals surface area contributed by atoms with Crippen LogP contribution in [-0.4, -0.2) is 10.2 Å². The maximum Gasteiger partial charge on any atom is 0.0996 e. The molecule has 2 N–H and O–H groups in total. The number of rotatable bonds is 0. The second-order valence-corrected chi connectivity index (χ2v) is 10.1. The van der Waals surface area contributed by atoms with E-state index in [1.807, 2.05) is 0 Å². The Kier molecular flexibility index (Phi) is 3.02. The average Bonchev–Trinajstić information content (AvgIpc) is 2.78. The zero-order valence-electron chi connectivity index (χ0n) is 17.4. The van der Waals surface area contributed by atoms with Gasteiger partial charge in [0.1, 0.15) is 0 Å². The molecule has 2 fully saturated rings. The summed E-state index contributed by atoms with van der Waals surface area (Å²) in [6.45, 7) is 4.33. The van der Waals surface area contributed by atoms with Crippen LogP contribution in [0.5, 0.6) is 0 Å². The van der Waals surface area contributed by atoms with Crippen molar-refractivity contribution in [1.29, 1.82) is 0 Å². The van der Waals surface area contributed by atoms with Crippen LogP contribution in [0.3, 0.4) is 0 Å². The van der Waals surface area contributed by atoms with Crippen LogP contribution in [0.4, 0.5) is 0 Å². The zero-order valence-corrected chi connectivity index (χ0v) is 17.4. The monoisotopic (exact) mass is 394 g/mol. The minimum absolute atomic E-state index is 0.159. The molecule has 0 saturated heterocycles. The molecule has 0 unspecified atom stereocenters. The third-order valence-electron chi connectivity index (χ3n) is 9.02. The van der Waals surface area contributed by atoms with E-state index in [2.05, 4.69) is 74.5 Å². The largest absolute Gasteiger partial charge is 0.384 e. The molecule has 2 heteroatoms. The van der Waals surface area contributed by atoms with Crippen molar-refractivity contribution in [2.45, 2.75) is 49.7 Å². The third kappa shape index (κ3) is 1.69. The lowest BCUT2D eigenvalue weighted by molar-refractivity contribution is -0.121. The molecule has 6 atom stereocenters. The quantitative estimate of drug-likeness (QED) is 0.516. The van der Waals surface area contributed by atoms with Crippen LogP contribution in [0.1, 0.15) is 60.8 Å². The van der Waals surface area contributed by atoms with Gasteiger partial charge < -0.3 is 10.2 Å². The van der Waals surface area contributed by atoms with E-state index in [-0.39, 0.29) is 23.7 Å². The van der Waals surface area contributed by atoms with E-state index in [9.17, 15) is 10.2 Å². The van der Waals surface area contributed by atoms with Gasteiger partial charge in [-0.05, 0) is 81.3 Å². The van der Waals surface area contributed by atoms with E-state index >= 15 is 0 Å². The highest BCUT2D eigenvalue weighted by atomic mass is 16.3. The molecular weight excluding hydrogens is 368 g/mol. The Morgan fingerprint density at radius 1 is 0.633 bits per heavy atom. The van der Waals surface area contributed by atoms with E-state index in [0.29, 0.717) is 0 Å². The van der Waals surface area contributed by atoms with Crippen LogP contribution in [-0.2, 0) is 11.2 Å². The highest BCUT2D eigenvalue weighted by Gasteiger charge is 2.60. The van der Waals surface area contributed by atoms with Crippen LogP contribution >= 0.6 is 0 Å². The molecule has 7 rings (SSSR count). The molecular formula is C28H26O2. The predicted molar refractivity (Wildman–Crippen MR) is 118 cm³/mol. The van der Waals surface area contributed by atoms with Crippen molar-refractivity contribution in [2.24, 2.45) is 11.8 Å². The van der Waals surface area contributed by atoms with Gasteiger partial charge in [0, 0.05) is 11.8 Å². The number of aliphatic hydroxyl groups is 2. The fourth-order valence-electron chi connectivity index (χ4n) is 7.23. The molecule has 30 heavy (non-hydrogen) atoms. The average molecular weight is 395 g/mol. The van der Waals surface area contributed by atoms with Crippen molar-refractivity contribution in [3.8, 4) is 22.3 Å². The zero-order chi connectivity index (χ0) is 20.4. The third-order valence-corrected chi connectivity index (χ3v) is 9.02. The topological polar surface area (TPSA) is 40.5 Å². The van der Waals surface area contributed by atoms with Crippen LogP contribution < -0.4 is 0 Å². The van der Waals surface area contributed by atoms with Crippen molar-refractivity contribution < 1.29 is 10.2 Å². The fraction of sp³-hybridized carbons (Fsp3) is 0.357. The molecule has 150 valence electrons. The van der Waals surface area contributed by atoms with E-state index in [0.717, 1.165) is 35.1 Å². The molecule has 0 spiro atoms. The standard InChI is InChI=1S/C28H26O2/c1-15-11-23-19-9-5-3-7-17(19)21-14-26-22(13-25(21)27(15,23)29)18-8-4-6-10-20(18)24-12-16(2)28(24,26)30/h3-10,13-16,23-24,29-30H,11-12H2,1-2H3/t15-,16+,23+,24-,27-,28+. The molecule has 0 aliphatic heterocycles. The van der Waals surface area contributed by atoms with Gasteiger partial charge in [-0.2, -0.15) is 0 Å². The molecule has 3 aromatic carbocycles. The Morgan fingerprint density at radius 3 is 1.43 bits per heavy atom. The SMILES string of the molecule is C[C@@H]1C[C@H]2c3ccccc3-c3cc4c(cc3[C@@]12O)-c1ccccc1[C@H]1C[C@H](C)[C@@]41O. The maximum absolute atomic E-state index is 11.9. The first-order chi connectivity index (χ1) is 14.5. The Labute approximate surface area is 177 Å². The second kappa shape index (κ2) is 5.25. The first-order valence-corrected chi connectivity index (χ1v) is 11.3. The number of benzene rings is 3. The number of hydrogen-bond donors (Lipinski definition) is 2. The summed E-state index contributed by atoms with van der Waals surface area (Å²) >= 11 is 0. The van der Waals surface area contributed by atoms with Crippen LogP contribution in [0.25, 0.3) is 22.3 Å². The summed E-state index contributed by atoms with van der Waals surface area (Å²) in [6.07, 6.45) is 2.04. The summed E-state index contributed by atoms with van der Waals surface area (Å²) in [6, 6.07) is 21.5. The summed E-state index contributed by atoms with van der Waals surface area (Å²) in [4.78, 5) is 0. The minimum Gasteiger partial charge on any atom is -0.384 e. The summed E-state index contributed by atoms with van der Waals surface area (Å²) in [7, 11) is 0. The van der Waals surface area contributed by atoms with Gasteiger partial charge in [-0.25, -0.2) is 0 Å². The molecule has 2 saturated carbocycles. The lowest BCUT2D eigenvalue weighted by atomic mass is 9.49. The molecule has 4 aliphatic rings. The van der Waals surface area contributed by atoms with Gasteiger partial charge in [0.15, 0.2) is 0 Å². The van der Waals surface area contributed by atoms with Gasteiger partial charge in [0.25, 0.3) is 0 Å². The fourth-order valence-corrected chi connectivity index (χ4v) is 7.23. The first kappa shape index (κ1) is 17.3. The molecule has 3 aromatic rings. The Morgan fingerprint density at radius 2 is 1.03 bits per heavy atom. The second-order valence-electron chi connectivity index (χ2n) is 10.1. The summed E-state index contributed by atoms with van der Waals surface area (Å²) < 4.78 is 0. The van der Waals surface area contributed by atoms with Gasteiger partial charge in [-0.3, -0.25) is 0 Å².